The zero-order valence-electron chi connectivity index (χ0n) is 13.2. The van der Waals surface area contributed by atoms with Gasteiger partial charge in [-0.2, -0.15) is 4.31 Å². The summed E-state index contributed by atoms with van der Waals surface area (Å²) in [5.74, 6) is 0.779. The van der Waals surface area contributed by atoms with E-state index in [9.17, 15) is 18.5 Å². The van der Waals surface area contributed by atoms with Gasteiger partial charge < -0.3 is 5.32 Å². The van der Waals surface area contributed by atoms with E-state index in [-0.39, 0.29) is 9.92 Å². The second-order valence-corrected chi connectivity index (χ2v) is 8.74. The predicted octanol–water partition coefficient (Wildman–Crippen LogP) is 2.40. The van der Waals surface area contributed by atoms with E-state index in [1.807, 2.05) is 0 Å². The average molecular weight is 374 g/mol. The van der Waals surface area contributed by atoms with Crippen LogP contribution in [0.5, 0.6) is 0 Å². The Bertz CT molecular complexity index is 728. The van der Waals surface area contributed by atoms with Crippen molar-refractivity contribution in [1.29, 1.82) is 0 Å². The molecule has 7 nitrogen and oxygen atoms in total. The van der Waals surface area contributed by atoms with Crippen LogP contribution in [0.25, 0.3) is 0 Å². The minimum atomic E-state index is -3.92. The molecule has 1 saturated heterocycles. The third-order valence-electron chi connectivity index (χ3n) is 4.58. The average Bonchev–Trinajstić information content (AvgIpc) is 3.37. The number of nitrogens with zero attached hydrogens (tertiary/aromatic N) is 2. The molecule has 0 unspecified atom stereocenters. The lowest BCUT2D eigenvalue weighted by molar-refractivity contribution is -0.387. The van der Waals surface area contributed by atoms with Crippen molar-refractivity contribution in [2.45, 2.75) is 36.6 Å². The molecule has 1 saturated carbocycles. The highest BCUT2D eigenvalue weighted by molar-refractivity contribution is 7.89. The highest BCUT2D eigenvalue weighted by atomic mass is 35.5. The largest absolute Gasteiger partial charge is 0.314 e. The summed E-state index contributed by atoms with van der Waals surface area (Å²) in [5.41, 5.74) is -0.437. The molecule has 1 heterocycles. The molecule has 2 aliphatic rings. The molecule has 1 aliphatic heterocycles. The Kier molecular flexibility index (Phi) is 5.10. The third kappa shape index (κ3) is 3.88. The number of piperidine rings is 1. The molecule has 1 aromatic carbocycles. The number of rotatable bonds is 6. The zero-order valence-corrected chi connectivity index (χ0v) is 14.7. The fraction of sp³-hybridized carbons (Fsp3) is 0.600. The molecule has 0 aromatic heterocycles. The molecule has 0 amide bonds. The Morgan fingerprint density at radius 2 is 1.92 bits per heavy atom. The molecule has 3 rings (SSSR count). The minimum absolute atomic E-state index is 0.167. The van der Waals surface area contributed by atoms with Crippen LogP contribution < -0.4 is 5.32 Å². The van der Waals surface area contributed by atoms with E-state index in [0.717, 1.165) is 24.6 Å². The van der Waals surface area contributed by atoms with Crippen LogP contribution in [0.2, 0.25) is 5.02 Å². The van der Waals surface area contributed by atoms with Crippen LogP contribution in [0, 0.1) is 16.0 Å². The van der Waals surface area contributed by atoms with Gasteiger partial charge in [-0.3, -0.25) is 10.1 Å². The van der Waals surface area contributed by atoms with Gasteiger partial charge in [-0.25, -0.2) is 8.42 Å². The van der Waals surface area contributed by atoms with Crippen molar-refractivity contribution in [3.8, 4) is 0 Å². The summed E-state index contributed by atoms with van der Waals surface area (Å²) >= 11 is 5.85. The fourth-order valence-corrected chi connectivity index (χ4v) is 4.83. The van der Waals surface area contributed by atoms with Crippen molar-refractivity contribution < 1.29 is 13.3 Å². The molecular weight excluding hydrogens is 354 g/mol. The number of hydrogen-bond donors (Lipinski definition) is 1. The van der Waals surface area contributed by atoms with E-state index < -0.39 is 20.6 Å². The maximum absolute atomic E-state index is 12.8. The van der Waals surface area contributed by atoms with E-state index in [2.05, 4.69) is 5.32 Å². The van der Waals surface area contributed by atoms with Gasteiger partial charge in [0.25, 0.3) is 5.69 Å². The van der Waals surface area contributed by atoms with Crippen molar-refractivity contribution >= 4 is 27.3 Å². The highest BCUT2D eigenvalue weighted by Gasteiger charge is 2.34. The van der Waals surface area contributed by atoms with Crippen LogP contribution in [0.15, 0.2) is 23.1 Å². The van der Waals surface area contributed by atoms with E-state index in [0.29, 0.717) is 32.0 Å². The highest BCUT2D eigenvalue weighted by Crippen LogP contribution is 2.31. The van der Waals surface area contributed by atoms with Crippen molar-refractivity contribution in [3.63, 3.8) is 0 Å². The van der Waals surface area contributed by atoms with Gasteiger partial charge in [0.05, 0.1) is 4.92 Å². The molecule has 2 fully saturated rings. The van der Waals surface area contributed by atoms with Gasteiger partial charge >= 0.3 is 0 Å². The van der Waals surface area contributed by atoms with Crippen LogP contribution >= 0.6 is 11.6 Å². The Hall–Kier alpha value is -1.22. The molecule has 1 aromatic rings. The van der Waals surface area contributed by atoms with Gasteiger partial charge in [-0.15, -0.1) is 0 Å². The molecule has 132 valence electrons. The molecule has 0 bridgehead atoms. The Balaban J connectivity index is 1.72. The normalized spacial score (nSPS) is 20.2. The molecule has 9 heteroatoms. The number of nitro groups is 1. The third-order valence-corrected chi connectivity index (χ3v) is 6.75. The molecule has 0 spiro atoms. The lowest BCUT2D eigenvalue weighted by Gasteiger charge is -2.31. The van der Waals surface area contributed by atoms with Crippen molar-refractivity contribution in [1.82, 2.24) is 9.62 Å². The second-order valence-electron chi connectivity index (χ2n) is 6.40. The topological polar surface area (TPSA) is 92.5 Å². The number of nitrogens with one attached hydrogen (secondary N) is 1. The standard InChI is InChI=1S/C15H20ClN3O4S/c16-12-3-4-14(19(20)21)15(9-12)24(22,23)18-7-5-13(6-8-18)17-10-11-1-2-11/h3-4,9,11,13,17H,1-2,5-8,10H2. The maximum Gasteiger partial charge on any atom is 0.289 e. The first-order chi connectivity index (χ1) is 11.4. The Labute approximate surface area is 146 Å². The lowest BCUT2D eigenvalue weighted by atomic mass is 10.1. The van der Waals surface area contributed by atoms with E-state index >= 15 is 0 Å². The summed E-state index contributed by atoms with van der Waals surface area (Å²) in [4.78, 5) is 10.1. The van der Waals surface area contributed by atoms with Crippen LogP contribution in [-0.4, -0.2) is 43.3 Å². The van der Waals surface area contributed by atoms with Gasteiger partial charge in [0, 0.05) is 30.2 Å². The molecule has 0 radical (unpaired) electrons. The predicted molar refractivity (Wildman–Crippen MR) is 90.6 cm³/mol. The smallest absolute Gasteiger partial charge is 0.289 e. The van der Waals surface area contributed by atoms with Crippen molar-refractivity contribution in [2.75, 3.05) is 19.6 Å². The molecular formula is C15H20ClN3O4S. The fourth-order valence-electron chi connectivity index (χ4n) is 2.94. The van der Waals surface area contributed by atoms with Gasteiger partial charge in [-0.05, 0) is 50.3 Å². The first kappa shape index (κ1) is 17.6. The van der Waals surface area contributed by atoms with Crippen LogP contribution in [0.4, 0.5) is 5.69 Å². The number of benzene rings is 1. The first-order valence-electron chi connectivity index (χ1n) is 8.05. The van der Waals surface area contributed by atoms with Crippen LogP contribution in [0.3, 0.4) is 0 Å². The second kappa shape index (κ2) is 6.95. The zero-order chi connectivity index (χ0) is 17.3. The quantitative estimate of drug-likeness (QED) is 0.610. The maximum atomic E-state index is 12.8. The first-order valence-corrected chi connectivity index (χ1v) is 9.87. The van der Waals surface area contributed by atoms with Gasteiger partial charge in [0.1, 0.15) is 0 Å². The number of hydrogen-bond acceptors (Lipinski definition) is 5. The summed E-state index contributed by atoms with van der Waals surface area (Å²) in [6.07, 6.45) is 3.97. The summed E-state index contributed by atoms with van der Waals surface area (Å²) in [6.45, 7) is 1.71. The number of nitro benzene ring substituents is 1. The van der Waals surface area contributed by atoms with Gasteiger partial charge in [-0.1, -0.05) is 11.6 Å². The van der Waals surface area contributed by atoms with Crippen LogP contribution in [-0.2, 0) is 10.0 Å². The number of sulfonamides is 1. The summed E-state index contributed by atoms with van der Waals surface area (Å²) < 4.78 is 26.9. The van der Waals surface area contributed by atoms with Gasteiger partial charge in [0.15, 0.2) is 4.90 Å². The van der Waals surface area contributed by atoms with Gasteiger partial charge in [0.2, 0.25) is 10.0 Å². The van der Waals surface area contributed by atoms with Crippen LogP contribution in [0.1, 0.15) is 25.7 Å². The Morgan fingerprint density at radius 3 is 2.50 bits per heavy atom. The monoisotopic (exact) mass is 373 g/mol. The van der Waals surface area contributed by atoms with Crippen molar-refractivity contribution in [3.05, 3.63) is 33.3 Å². The molecule has 0 atom stereocenters. The van der Waals surface area contributed by atoms with E-state index in [1.165, 1.54) is 23.2 Å². The minimum Gasteiger partial charge on any atom is -0.314 e. The van der Waals surface area contributed by atoms with E-state index in [1.54, 1.807) is 0 Å². The lowest BCUT2D eigenvalue weighted by Crippen LogP contribution is -2.45. The SMILES string of the molecule is O=[N+]([O-])c1ccc(Cl)cc1S(=O)(=O)N1CCC(NCC2CC2)CC1. The molecule has 1 N–H and O–H groups in total. The summed E-state index contributed by atoms with van der Waals surface area (Å²) in [7, 11) is -3.92. The molecule has 1 aliphatic carbocycles. The summed E-state index contributed by atoms with van der Waals surface area (Å²) in [6, 6.07) is 3.93. The van der Waals surface area contributed by atoms with E-state index in [4.69, 9.17) is 11.6 Å². The Morgan fingerprint density at radius 1 is 1.25 bits per heavy atom. The van der Waals surface area contributed by atoms with Crippen molar-refractivity contribution in [2.24, 2.45) is 5.92 Å². The number of halogens is 1. The molecule has 24 heavy (non-hydrogen) atoms. The summed E-state index contributed by atoms with van der Waals surface area (Å²) in [5, 5.41) is 14.8.